The Hall–Kier alpha value is 0.110. The van der Waals surface area contributed by atoms with E-state index in [2.05, 4.69) is 0 Å². The van der Waals surface area contributed by atoms with Gasteiger partial charge in [0.05, 0.1) is 0 Å². The average molecular weight is 121 g/mol. The molecule has 0 aliphatic carbocycles. The van der Waals surface area contributed by atoms with E-state index in [0.717, 1.165) is 13.1 Å². The molecule has 1 aliphatic rings. The fraction of sp³-hybridized carbons (Fsp3) is 1.00. The van der Waals surface area contributed by atoms with Crippen molar-refractivity contribution < 1.29 is 4.21 Å². The van der Waals surface area contributed by atoms with Crippen LogP contribution in [0.1, 0.15) is 0 Å². The minimum absolute atomic E-state index is 1.05. The molecular formula is C4H11NOS. The third-order valence-corrected chi connectivity index (χ3v) is 2.87. The molecule has 1 rings (SSSR count). The van der Waals surface area contributed by atoms with Crippen LogP contribution in [0.15, 0.2) is 0 Å². The Morgan fingerprint density at radius 1 is 1.43 bits per heavy atom. The van der Waals surface area contributed by atoms with Gasteiger partial charge in [-0.15, -0.1) is 0 Å². The van der Waals surface area contributed by atoms with Gasteiger partial charge >= 0.3 is 0 Å². The van der Waals surface area contributed by atoms with Gasteiger partial charge in [-0.1, -0.05) is 10.1 Å². The zero-order valence-electron chi connectivity index (χ0n) is 4.72. The lowest BCUT2D eigenvalue weighted by atomic mass is 11.0. The van der Waals surface area contributed by atoms with Gasteiger partial charge in [0.1, 0.15) is 0 Å². The molecule has 1 aliphatic heterocycles. The zero-order valence-corrected chi connectivity index (χ0v) is 5.61. The average Bonchev–Trinajstić information content (AvgIpc) is 1.99. The van der Waals surface area contributed by atoms with E-state index in [1.165, 1.54) is 0 Å². The second-order valence-corrected chi connectivity index (χ2v) is 5.40. The molecule has 0 aromatic rings. The smallest absolute Gasteiger partial charge is 0.0232 e. The fourth-order valence-corrected chi connectivity index (χ4v) is 1.58. The number of nitrogens with zero attached hydrogens (tertiary/aromatic N) is 1. The lowest BCUT2D eigenvalue weighted by Gasteiger charge is -2.10. The molecule has 1 saturated heterocycles. The predicted molar refractivity (Wildman–Crippen MR) is 33.0 cm³/mol. The second-order valence-electron chi connectivity index (χ2n) is 2.25. The first-order chi connectivity index (χ1) is 3.11. The molecule has 0 radical (unpaired) electrons. The van der Waals surface area contributed by atoms with E-state index >= 15 is 0 Å². The van der Waals surface area contributed by atoms with Crippen molar-refractivity contribution in [2.75, 3.05) is 25.6 Å². The molecule has 0 aromatic carbocycles. The predicted octanol–water partition coefficient (Wildman–Crippen LogP) is -0.507. The van der Waals surface area contributed by atoms with E-state index in [4.69, 9.17) is 0 Å². The molecule has 1 fully saturated rings. The monoisotopic (exact) mass is 121 g/mol. The Bertz CT molecular complexity index is 113. The summed E-state index contributed by atoms with van der Waals surface area (Å²) in [5.41, 5.74) is 0. The van der Waals surface area contributed by atoms with Gasteiger partial charge in [0.15, 0.2) is 0 Å². The van der Waals surface area contributed by atoms with Crippen molar-refractivity contribution in [3.63, 3.8) is 0 Å². The molecule has 0 saturated carbocycles. The maximum absolute atomic E-state index is 10.9. The Kier molecular flexibility index (Phi) is 0.970. The van der Waals surface area contributed by atoms with Crippen molar-refractivity contribution in [3.8, 4) is 0 Å². The SMILES string of the molecule is C[SH](C)(=O)N1CC1. The molecule has 44 valence electrons. The Labute approximate surface area is 45.1 Å². The summed E-state index contributed by atoms with van der Waals surface area (Å²) in [5, 5.41) is 0. The first-order valence-corrected chi connectivity index (χ1v) is 4.96. The highest BCUT2D eigenvalue weighted by Crippen LogP contribution is 2.13. The molecule has 0 N–H and O–H groups in total. The van der Waals surface area contributed by atoms with Gasteiger partial charge in [-0.2, -0.15) is 0 Å². The third kappa shape index (κ3) is 1.24. The number of thiol groups is 1. The van der Waals surface area contributed by atoms with Crippen LogP contribution < -0.4 is 0 Å². The summed E-state index contributed by atoms with van der Waals surface area (Å²) in [7, 11) is -1.79. The molecule has 1 heterocycles. The van der Waals surface area contributed by atoms with Crippen LogP contribution in [0.2, 0.25) is 0 Å². The minimum Gasteiger partial charge on any atom is -0.272 e. The maximum Gasteiger partial charge on any atom is 0.0232 e. The molecule has 7 heavy (non-hydrogen) atoms. The van der Waals surface area contributed by atoms with Crippen molar-refractivity contribution in [2.24, 2.45) is 0 Å². The minimum atomic E-state index is -1.79. The van der Waals surface area contributed by atoms with Crippen LogP contribution in [0.4, 0.5) is 0 Å². The van der Waals surface area contributed by atoms with Gasteiger partial charge in [-0.25, -0.2) is 4.31 Å². The lowest BCUT2D eigenvalue weighted by molar-refractivity contribution is 0.651. The van der Waals surface area contributed by atoms with Crippen LogP contribution in [0.25, 0.3) is 0 Å². The maximum atomic E-state index is 10.9. The number of hydrogen-bond acceptors (Lipinski definition) is 1. The molecule has 2 nitrogen and oxygen atoms in total. The van der Waals surface area contributed by atoms with Crippen molar-refractivity contribution in [1.29, 1.82) is 0 Å². The Morgan fingerprint density at radius 3 is 1.86 bits per heavy atom. The standard InChI is InChI=1S/C4H11NOS/c1-7(2,6)5-3-4-5/h7H,3-4H2,1-2H3. The quantitative estimate of drug-likeness (QED) is 0.366. The highest BCUT2D eigenvalue weighted by molar-refractivity contribution is 7.99. The van der Waals surface area contributed by atoms with Crippen molar-refractivity contribution in [3.05, 3.63) is 0 Å². The van der Waals surface area contributed by atoms with E-state index in [1.54, 1.807) is 12.5 Å². The first-order valence-electron chi connectivity index (χ1n) is 2.41. The van der Waals surface area contributed by atoms with Crippen LogP contribution >= 0.6 is 0 Å². The Balaban J connectivity index is 2.52. The summed E-state index contributed by atoms with van der Waals surface area (Å²) < 4.78 is 12.9. The lowest BCUT2D eigenvalue weighted by Crippen LogP contribution is -2.16. The fourth-order valence-electron chi connectivity index (χ4n) is 0.526. The zero-order chi connectivity index (χ0) is 5.49. The van der Waals surface area contributed by atoms with Crippen molar-refractivity contribution in [2.45, 2.75) is 0 Å². The molecule has 0 atom stereocenters. The number of rotatable bonds is 1. The second kappa shape index (κ2) is 1.29. The summed E-state index contributed by atoms with van der Waals surface area (Å²) in [5.74, 6) is 0. The normalized spacial score (nSPS) is 24.9. The number of hydrogen-bond donors (Lipinski definition) is 1. The van der Waals surface area contributed by atoms with Crippen molar-refractivity contribution >= 4 is 10.1 Å². The highest BCUT2D eigenvalue weighted by Gasteiger charge is 2.24. The summed E-state index contributed by atoms with van der Waals surface area (Å²) in [6.07, 6.45) is 3.61. The van der Waals surface area contributed by atoms with Gasteiger partial charge in [0.25, 0.3) is 0 Å². The largest absolute Gasteiger partial charge is 0.272 e. The molecule has 0 aromatic heterocycles. The van der Waals surface area contributed by atoms with Gasteiger partial charge in [0, 0.05) is 25.6 Å². The molecule has 3 heteroatoms. The van der Waals surface area contributed by atoms with Gasteiger partial charge < -0.3 is 0 Å². The summed E-state index contributed by atoms with van der Waals surface area (Å²) >= 11 is 0. The van der Waals surface area contributed by atoms with Crippen LogP contribution in [0.5, 0.6) is 0 Å². The molecule has 0 bridgehead atoms. The van der Waals surface area contributed by atoms with E-state index in [1.807, 2.05) is 4.31 Å². The van der Waals surface area contributed by atoms with Gasteiger partial charge in [0.2, 0.25) is 0 Å². The van der Waals surface area contributed by atoms with E-state index in [9.17, 15) is 4.21 Å². The van der Waals surface area contributed by atoms with Crippen LogP contribution in [-0.2, 0) is 10.1 Å². The van der Waals surface area contributed by atoms with E-state index in [0.29, 0.717) is 0 Å². The van der Waals surface area contributed by atoms with Gasteiger partial charge in [-0.05, 0) is 0 Å². The molecule has 0 unspecified atom stereocenters. The highest BCUT2D eigenvalue weighted by atomic mass is 32.3. The Morgan fingerprint density at radius 2 is 1.86 bits per heavy atom. The molecular weight excluding hydrogens is 110 g/mol. The summed E-state index contributed by atoms with van der Waals surface area (Å²) in [4.78, 5) is 0. The van der Waals surface area contributed by atoms with Crippen LogP contribution in [0.3, 0.4) is 0 Å². The molecule has 0 spiro atoms. The third-order valence-electron chi connectivity index (χ3n) is 1.10. The van der Waals surface area contributed by atoms with E-state index in [-0.39, 0.29) is 0 Å². The summed E-state index contributed by atoms with van der Waals surface area (Å²) in [6, 6.07) is 0. The molecule has 0 amide bonds. The summed E-state index contributed by atoms with van der Waals surface area (Å²) in [6.45, 7) is 2.09. The first kappa shape index (κ1) is 5.25. The topological polar surface area (TPSA) is 20.1 Å². The van der Waals surface area contributed by atoms with Gasteiger partial charge in [-0.3, -0.25) is 4.21 Å². The van der Waals surface area contributed by atoms with Crippen molar-refractivity contribution in [1.82, 2.24) is 4.31 Å². The van der Waals surface area contributed by atoms with Crippen LogP contribution in [0, 0.1) is 0 Å². The van der Waals surface area contributed by atoms with E-state index < -0.39 is 10.1 Å². The van der Waals surface area contributed by atoms with Crippen LogP contribution in [-0.4, -0.2) is 34.1 Å².